The maximum absolute atomic E-state index is 12.8. The SMILES string of the molecule is Cc1ccc(Cn2cc(NC(=O)c3cc(C)nc4c3cnn4C)cn2)cc1. The van der Waals surface area contributed by atoms with Crippen LogP contribution in [0.3, 0.4) is 0 Å². The maximum Gasteiger partial charge on any atom is 0.256 e. The van der Waals surface area contributed by atoms with Gasteiger partial charge in [0.1, 0.15) is 0 Å². The second kappa shape index (κ2) is 6.68. The van der Waals surface area contributed by atoms with Crippen molar-refractivity contribution >= 4 is 22.6 Å². The van der Waals surface area contributed by atoms with Gasteiger partial charge in [0.25, 0.3) is 5.91 Å². The van der Waals surface area contributed by atoms with Crippen LogP contribution >= 0.6 is 0 Å². The van der Waals surface area contributed by atoms with Gasteiger partial charge in [-0.25, -0.2) is 4.98 Å². The van der Waals surface area contributed by atoms with Gasteiger partial charge in [-0.05, 0) is 25.5 Å². The van der Waals surface area contributed by atoms with Crippen molar-refractivity contribution in [2.45, 2.75) is 20.4 Å². The number of hydrogen-bond acceptors (Lipinski definition) is 4. The number of pyridine rings is 1. The van der Waals surface area contributed by atoms with Gasteiger partial charge in [0.15, 0.2) is 5.65 Å². The van der Waals surface area contributed by atoms with Gasteiger partial charge in [0, 0.05) is 18.9 Å². The number of aryl methyl sites for hydroxylation is 3. The van der Waals surface area contributed by atoms with Gasteiger partial charge in [-0.1, -0.05) is 29.8 Å². The highest BCUT2D eigenvalue weighted by Crippen LogP contribution is 2.19. The van der Waals surface area contributed by atoms with Crippen molar-refractivity contribution in [3.63, 3.8) is 0 Å². The quantitative estimate of drug-likeness (QED) is 0.607. The first-order chi connectivity index (χ1) is 13.0. The first kappa shape index (κ1) is 17.0. The lowest BCUT2D eigenvalue weighted by Crippen LogP contribution is -2.12. The highest BCUT2D eigenvalue weighted by Gasteiger charge is 2.15. The third-order valence-electron chi connectivity index (χ3n) is 4.43. The van der Waals surface area contributed by atoms with Crippen molar-refractivity contribution in [3.05, 3.63) is 71.3 Å². The molecule has 0 radical (unpaired) electrons. The molecule has 136 valence electrons. The summed E-state index contributed by atoms with van der Waals surface area (Å²) < 4.78 is 3.47. The van der Waals surface area contributed by atoms with Crippen molar-refractivity contribution in [1.29, 1.82) is 0 Å². The van der Waals surface area contributed by atoms with Crippen molar-refractivity contribution < 1.29 is 4.79 Å². The van der Waals surface area contributed by atoms with Gasteiger partial charge in [-0.15, -0.1) is 0 Å². The number of fused-ring (bicyclic) bond motifs is 1. The molecule has 3 aromatic heterocycles. The maximum atomic E-state index is 12.8. The molecular formula is C20H20N6O. The lowest BCUT2D eigenvalue weighted by Gasteiger charge is -2.06. The molecule has 0 spiro atoms. The Kier molecular flexibility index (Phi) is 4.19. The summed E-state index contributed by atoms with van der Waals surface area (Å²) in [6.07, 6.45) is 5.14. The Morgan fingerprint density at radius 3 is 2.67 bits per heavy atom. The summed E-state index contributed by atoms with van der Waals surface area (Å²) in [4.78, 5) is 17.2. The van der Waals surface area contributed by atoms with Crippen LogP contribution in [0.4, 0.5) is 5.69 Å². The molecule has 0 saturated heterocycles. The summed E-state index contributed by atoms with van der Waals surface area (Å²) in [5, 5.41) is 12.2. The van der Waals surface area contributed by atoms with Crippen molar-refractivity contribution in [2.24, 2.45) is 7.05 Å². The Bertz CT molecular complexity index is 1120. The van der Waals surface area contributed by atoms with E-state index in [-0.39, 0.29) is 5.91 Å². The molecule has 0 atom stereocenters. The number of amides is 1. The number of aromatic nitrogens is 5. The zero-order valence-corrected chi connectivity index (χ0v) is 15.5. The number of carbonyl (C=O) groups excluding carboxylic acids is 1. The van der Waals surface area contributed by atoms with Crippen LogP contribution in [0.5, 0.6) is 0 Å². The van der Waals surface area contributed by atoms with Crippen molar-refractivity contribution in [2.75, 3.05) is 5.32 Å². The first-order valence-electron chi connectivity index (χ1n) is 8.68. The molecule has 0 saturated carbocycles. The van der Waals surface area contributed by atoms with E-state index in [1.807, 2.05) is 20.2 Å². The second-order valence-electron chi connectivity index (χ2n) is 6.68. The fourth-order valence-corrected chi connectivity index (χ4v) is 3.02. The minimum atomic E-state index is -0.201. The van der Waals surface area contributed by atoms with Gasteiger partial charge in [0.2, 0.25) is 0 Å². The highest BCUT2D eigenvalue weighted by molar-refractivity contribution is 6.11. The zero-order chi connectivity index (χ0) is 19.0. The van der Waals surface area contributed by atoms with E-state index in [4.69, 9.17) is 0 Å². The fourth-order valence-electron chi connectivity index (χ4n) is 3.02. The molecule has 0 unspecified atom stereocenters. The van der Waals surface area contributed by atoms with E-state index in [0.29, 0.717) is 23.4 Å². The van der Waals surface area contributed by atoms with Gasteiger partial charge in [0.05, 0.1) is 35.6 Å². The zero-order valence-electron chi connectivity index (χ0n) is 15.5. The van der Waals surface area contributed by atoms with Crippen LogP contribution in [0.25, 0.3) is 11.0 Å². The van der Waals surface area contributed by atoms with E-state index < -0.39 is 0 Å². The van der Waals surface area contributed by atoms with E-state index in [2.05, 4.69) is 51.7 Å². The minimum absolute atomic E-state index is 0.201. The minimum Gasteiger partial charge on any atom is -0.319 e. The number of carbonyl (C=O) groups is 1. The average molecular weight is 360 g/mol. The first-order valence-corrected chi connectivity index (χ1v) is 8.68. The molecule has 4 aromatic rings. The molecule has 3 heterocycles. The molecule has 1 amide bonds. The predicted molar refractivity (Wildman–Crippen MR) is 104 cm³/mol. The van der Waals surface area contributed by atoms with Crippen LogP contribution in [0.1, 0.15) is 27.2 Å². The molecule has 7 heteroatoms. The molecule has 7 nitrogen and oxygen atoms in total. The van der Waals surface area contributed by atoms with Crippen LogP contribution in [-0.2, 0) is 13.6 Å². The number of nitrogens with one attached hydrogen (secondary N) is 1. The third-order valence-corrected chi connectivity index (χ3v) is 4.43. The van der Waals surface area contributed by atoms with Crippen molar-refractivity contribution in [3.8, 4) is 0 Å². The predicted octanol–water partition coefficient (Wildman–Crippen LogP) is 3.08. The van der Waals surface area contributed by atoms with Gasteiger partial charge in [-0.2, -0.15) is 10.2 Å². The van der Waals surface area contributed by atoms with E-state index in [0.717, 1.165) is 16.6 Å². The average Bonchev–Trinajstić information content (AvgIpc) is 3.23. The highest BCUT2D eigenvalue weighted by atomic mass is 16.1. The molecule has 0 bridgehead atoms. The second-order valence-corrected chi connectivity index (χ2v) is 6.68. The molecule has 0 fully saturated rings. The van der Waals surface area contributed by atoms with Crippen LogP contribution in [0.15, 0.2) is 48.9 Å². The molecule has 0 aliphatic heterocycles. The fraction of sp³-hybridized carbons (Fsp3) is 0.200. The number of rotatable bonds is 4. The molecule has 0 aliphatic rings. The van der Waals surface area contributed by atoms with E-state index in [1.165, 1.54) is 5.56 Å². The van der Waals surface area contributed by atoms with E-state index in [9.17, 15) is 4.79 Å². The summed E-state index contributed by atoms with van der Waals surface area (Å²) in [5.74, 6) is -0.201. The van der Waals surface area contributed by atoms with Gasteiger partial charge >= 0.3 is 0 Å². The number of nitrogens with zero attached hydrogens (tertiary/aromatic N) is 5. The van der Waals surface area contributed by atoms with Crippen molar-refractivity contribution in [1.82, 2.24) is 24.5 Å². The summed E-state index contributed by atoms with van der Waals surface area (Å²) in [5.41, 5.74) is 5.04. The Hall–Kier alpha value is -3.48. The number of hydrogen-bond donors (Lipinski definition) is 1. The summed E-state index contributed by atoms with van der Waals surface area (Å²) in [6.45, 7) is 4.57. The largest absolute Gasteiger partial charge is 0.319 e. The topological polar surface area (TPSA) is 77.6 Å². The molecular weight excluding hydrogens is 340 g/mol. The smallest absolute Gasteiger partial charge is 0.256 e. The Labute approximate surface area is 156 Å². The lowest BCUT2D eigenvalue weighted by atomic mass is 10.1. The Balaban J connectivity index is 1.54. The Morgan fingerprint density at radius 1 is 1.11 bits per heavy atom. The van der Waals surface area contributed by atoms with Crippen LogP contribution in [-0.4, -0.2) is 30.5 Å². The van der Waals surface area contributed by atoms with E-state index >= 15 is 0 Å². The standard InChI is InChI=1S/C20H20N6O/c1-13-4-6-15(7-5-13)11-26-12-16(9-22-26)24-20(27)17-8-14(2)23-19-18(17)10-21-25(19)3/h4-10,12H,11H2,1-3H3,(H,24,27). The van der Waals surface area contributed by atoms with Crippen LogP contribution in [0.2, 0.25) is 0 Å². The molecule has 4 rings (SSSR count). The summed E-state index contributed by atoms with van der Waals surface area (Å²) >= 11 is 0. The normalized spacial score (nSPS) is 11.1. The summed E-state index contributed by atoms with van der Waals surface area (Å²) in [6, 6.07) is 10.1. The van der Waals surface area contributed by atoms with Crippen LogP contribution < -0.4 is 5.32 Å². The van der Waals surface area contributed by atoms with Crippen LogP contribution in [0, 0.1) is 13.8 Å². The molecule has 1 aromatic carbocycles. The summed E-state index contributed by atoms with van der Waals surface area (Å²) in [7, 11) is 1.81. The number of benzene rings is 1. The Morgan fingerprint density at radius 2 is 1.89 bits per heavy atom. The van der Waals surface area contributed by atoms with E-state index in [1.54, 1.807) is 27.8 Å². The molecule has 0 aliphatic carbocycles. The van der Waals surface area contributed by atoms with Gasteiger partial charge in [-0.3, -0.25) is 14.2 Å². The third kappa shape index (κ3) is 3.44. The lowest BCUT2D eigenvalue weighted by molar-refractivity contribution is 0.102. The number of anilines is 1. The monoisotopic (exact) mass is 360 g/mol. The molecule has 1 N–H and O–H groups in total. The molecule has 27 heavy (non-hydrogen) atoms. The van der Waals surface area contributed by atoms with Gasteiger partial charge < -0.3 is 5.32 Å².